The summed E-state index contributed by atoms with van der Waals surface area (Å²) in [7, 11) is 2.05. The predicted molar refractivity (Wildman–Crippen MR) is 99.5 cm³/mol. The Balaban J connectivity index is 1.54. The van der Waals surface area contributed by atoms with E-state index in [2.05, 4.69) is 19.7 Å². The van der Waals surface area contributed by atoms with Crippen molar-refractivity contribution in [2.45, 2.75) is 57.6 Å². The standard InChI is InChI=1S/C19H31N5O2/c1-3-4-5-18(26)24-12-6-15(7-13-24)19-21-20-17(22(19)2)14-23-10-8-16(25)9-11-23/h3-4,15-16,25H,5-14H2,1-2H3. The maximum absolute atomic E-state index is 12.1. The highest BCUT2D eigenvalue weighted by atomic mass is 16.3. The molecule has 3 rings (SSSR count). The molecule has 0 unspecified atom stereocenters. The Kier molecular flexibility index (Phi) is 6.43. The third-order valence-corrected chi connectivity index (χ3v) is 5.66. The first kappa shape index (κ1) is 19.0. The van der Waals surface area contributed by atoms with Gasteiger partial charge < -0.3 is 14.6 Å². The average molecular weight is 361 g/mol. The molecular formula is C19H31N5O2. The van der Waals surface area contributed by atoms with E-state index in [9.17, 15) is 9.90 Å². The third kappa shape index (κ3) is 4.51. The lowest BCUT2D eigenvalue weighted by atomic mass is 9.95. The molecule has 1 amide bonds. The second-order valence-corrected chi connectivity index (χ2v) is 7.47. The van der Waals surface area contributed by atoms with Crippen LogP contribution in [0, 0.1) is 0 Å². The van der Waals surface area contributed by atoms with Gasteiger partial charge in [0.25, 0.3) is 0 Å². The van der Waals surface area contributed by atoms with Gasteiger partial charge in [-0.1, -0.05) is 12.2 Å². The normalized spacial score (nSPS) is 21.0. The number of nitrogens with zero attached hydrogens (tertiary/aromatic N) is 5. The van der Waals surface area contributed by atoms with Gasteiger partial charge in [0, 0.05) is 45.6 Å². The van der Waals surface area contributed by atoms with Crippen LogP contribution in [0.5, 0.6) is 0 Å². The van der Waals surface area contributed by atoms with Crippen LogP contribution in [-0.2, 0) is 18.4 Å². The number of rotatable bonds is 5. The smallest absolute Gasteiger partial charge is 0.226 e. The Morgan fingerprint density at radius 3 is 2.50 bits per heavy atom. The highest BCUT2D eigenvalue weighted by molar-refractivity contribution is 5.77. The second kappa shape index (κ2) is 8.77. The number of carbonyl (C=O) groups is 1. The number of carbonyl (C=O) groups excluding carboxylic acids is 1. The number of amides is 1. The van der Waals surface area contributed by atoms with Crippen LogP contribution in [0.15, 0.2) is 12.2 Å². The zero-order valence-corrected chi connectivity index (χ0v) is 16.0. The van der Waals surface area contributed by atoms with Crippen LogP contribution in [0.3, 0.4) is 0 Å². The molecule has 0 atom stereocenters. The lowest BCUT2D eigenvalue weighted by Crippen LogP contribution is -2.38. The van der Waals surface area contributed by atoms with E-state index in [-0.39, 0.29) is 12.0 Å². The minimum Gasteiger partial charge on any atom is -0.393 e. The van der Waals surface area contributed by atoms with Gasteiger partial charge in [-0.05, 0) is 32.6 Å². The van der Waals surface area contributed by atoms with E-state index in [0.717, 1.165) is 70.1 Å². The zero-order valence-electron chi connectivity index (χ0n) is 16.0. The summed E-state index contributed by atoms with van der Waals surface area (Å²) in [6.45, 7) is 6.15. The number of aliphatic hydroxyl groups excluding tert-OH is 1. The summed E-state index contributed by atoms with van der Waals surface area (Å²) in [6, 6.07) is 0. The fourth-order valence-corrected chi connectivity index (χ4v) is 3.88. The van der Waals surface area contributed by atoms with E-state index in [1.807, 2.05) is 31.0 Å². The summed E-state index contributed by atoms with van der Waals surface area (Å²) < 4.78 is 2.13. The number of aromatic nitrogens is 3. The van der Waals surface area contributed by atoms with Crippen molar-refractivity contribution in [1.82, 2.24) is 24.6 Å². The van der Waals surface area contributed by atoms with Crippen molar-refractivity contribution in [2.24, 2.45) is 7.05 Å². The van der Waals surface area contributed by atoms with Gasteiger partial charge in [0.1, 0.15) is 11.6 Å². The monoisotopic (exact) mass is 361 g/mol. The van der Waals surface area contributed by atoms with Crippen LogP contribution in [0.2, 0.25) is 0 Å². The Labute approximate surface area is 155 Å². The molecule has 7 heteroatoms. The van der Waals surface area contributed by atoms with Crippen molar-refractivity contribution in [3.63, 3.8) is 0 Å². The molecule has 0 bridgehead atoms. The minimum absolute atomic E-state index is 0.151. The van der Waals surface area contributed by atoms with Crippen LogP contribution >= 0.6 is 0 Å². The molecule has 0 spiro atoms. The first-order chi connectivity index (χ1) is 12.6. The minimum atomic E-state index is -0.151. The molecular weight excluding hydrogens is 330 g/mol. The maximum Gasteiger partial charge on any atom is 0.226 e. The van der Waals surface area contributed by atoms with Crippen LogP contribution in [0.1, 0.15) is 56.6 Å². The zero-order chi connectivity index (χ0) is 18.5. The van der Waals surface area contributed by atoms with Gasteiger partial charge in [-0.3, -0.25) is 9.69 Å². The quantitative estimate of drug-likeness (QED) is 0.804. The topological polar surface area (TPSA) is 74.5 Å². The Morgan fingerprint density at radius 1 is 1.15 bits per heavy atom. The molecule has 2 aliphatic heterocycles. The summed E-state index contributed by atoms with van der Waals surface area (Å²) in [5.41, 5.74) is 0. The van der Waals surface area contributed by atoms with Crippen LogP contribution in [-0.4, -0.2) is 67.9 Å². The number of aliphatic hydroxyl groups is 1. The van der Waals surface area contributed by atoms with Crippen molar-refractivity contribution in [1.29, 1.82) is 0 Å². The SMILES string of the molecule is CC=CCC(=O)N1CCC(c2nnc(CN3CCC(O)CC3)n2C)CC1. The van der Waals surface area contributed by atoms with Gasteiger partial charge in [0.15, 0.2) is 0 Å². The molecule has 1 N–H and O–H groups in total. The third-order valence-electron chi connectivity index (χ3n) is 5.66. The predicted octanol–water partition coefficient (Wildman–Crippen LogP) is 1.44. The fraction of sp³-hybridized carbons (Fsp3) is 0.737. The molecule has 0 aliphatic carbocycles. The van der Waals surface area contributed by atoms with Crippen molar-refractivity contribution >= 4 is 5.91 Å². The largest absolute Gasteiger partial charge is 0.393 e. The molecule has 0 radical (unpaired) electrons. The summed E-state index contributed by atoms with van der Waals surface area (Å²) in [6.07, 6.45) is 7.77. The van der Waals surface area contributed by atoms with Gasteiger partial charge >= 0.3 is 0 Å². The summed E-state index contributed by atoms with van der Waals surface area (Å²) >= 11 is 0. The van der Waals surface area contributed by atoms with E-state index in [1.165, 1.54) is 0 Å². The highest BCUT2D eigenvalue weighted by Crippen LogP contribution is 2.27. The molecule has 144 valence electrons. The van der Waals surface area contributed by atoms with Gasteiger partial charge in [-0.25, -0.2) is 0 Å². The number of hydrogen-bond acceptors (Lipinski definition) is 5. The molecule has 26 heavy (non-hydrogen) atoms. The van der Waals surface area contributed by atoms with Crippen molar-refractivity contribution in [3.8, 4) is 0 Å². The molecule has 7 nitrogen and oxygen atoms in total. The van der Waals surface area contributed by atoms with Crippen LogP contribution in [0.4, 0.5) is 0 Å². The molecule has 2 saturated heterocycles. The van der Waals surface area contributed by atoms with Crippen molar-refractivity contribution in [2.75, 3.05) is 26.2 Å². The fourth-order valence-electron chi connectivity index (χ4n) is 3.88. The van der Waals surface area contributed by atoms with E-state index in [4.69, 9.17) is 0 Å². The number of piperidine rings is 2. The lowest BCUT2D eigenvalue weighted by Gasteiger charge is -2.31. The molecule has 2 fully saturated rings. The molecule has 0 aromatic carbocycles. The van der Waals surface area contributed by atoms with Crippen LogP contribution < -0.4 is 0 Å². The molecule has 2 aliphatic rings. The second-order valence-electron chi connectivity index (χ2n) is 7.47. The maximum atomic E-state index is 12.1. The van der Waals surface area contributed by atoms with Crippen LogP contribution in [0.25, 0.3) is 0 Å². The number of likely N-dealkylation sites (tertiary alicyclic amines) is 2. The average Bonchev–Trinajstić information content (AvgIpc) is 3.02. The van der Waals surface area contributed by atoms with E-state index in [1.54, 1.807) is 0 Å². The number of hydrogen-bond donors (Lipinski definition) is 1. The van der Waals surface area contributed by atoms with Crippen molar-refractivity contribution in [3.05, 3.63) is 23.8 Å². The summed E-state index contributed by atoms with van der Waals surface area (Å²) in [5, 5.41) is 18.5. The summed E-state index contributed by atoms with van der Waals surface area (Å²) in [4.78, 5) is 16.4. The molecule has 1 aromatic rings. The Hall–Kier alpha value is -1.73. The van der Waals surface area contributed by atoms with E-state index >= 15 is 0 Å². The van der Waals surface area contributed by atoms with Gasteiger partial charge in [0.2, 0.25) is 5.91 Å². The highest BCUT2D eigenvalue weighted by Gasteiger charge is 2.27. The number of allylic oxidation sites excluding steroid dienone is 1. The van der Waals surface area contributed by atoms with E-state index in [0.29, 0.717) is 12.3 Å². The van der Waals surface area contributed by atoms with Crippen molar-refractivity contribution < 1.29 is 9.90 Å². The molecule has 0 saturated carbocycles. The van der Waals surface area contributed by atoms with Gasteiger partial charge in [0.05, 0.1) is 12.6 Å². The van der Waals surface area contributed by atoms with Gasteiger partial charge in [-0.2, -0.15) is 0 Å². The molecule has 1 aromatic heterocycles. The lowest BCUT2D eigenvalue weighted by molar-refractivity contribution is -0.131. The van der Waals surface area contributed by atoms with E-state index < -0.39 is 0 Å². The first-order valence-corrected chi connectivity index (χ1v) is 9.76. The Morgan fingerprint density at radius 2 is 1.85 bits per heavy atom. The Bertz CT molecular complexity index is 626. The summed E-state index contributed by atoms with van der Waals surface area (Å²) in [5.74, 6) is 2.61. The van der Waals surface area contributed by atoms with Gasteiger partial charge in [-0.15, -0.1) is 10.2 Å². The first-order valence-electron chi connectivity index (χ1n) is 9.76. The molecule has 3 heterocycles.